The van der Waals surface area contributed by atoms with Gasteiger partial charge in [0, 0.05) is 5.92 Å². The van der Waals surface area contributed by atoms with E-state index < -0.39 is 0 Å². The van der Waals surface area contributed by atoms with Crippen molar-refractivity contribution in [3.05, 3.63) is 47.6 Å². The maximum Gasteiger partial charge on any atom is 0.00518 e. The van der Waals surface area contributed by atoms with Gasteiger partial charge in [0.1, 0.15) is 0 Å². The fourth-order valence-electron chi connectivity index (χ4n) is 2.79. The van der Waals surface area contributed by atoms with Gasteiger partial charge in [-0.25, -0.2) is 0 Å². The first kappa shape index (κ1) is 7.37. The summed E-state index contributed by atoms with van der Waals surface area (Å²) in [6.45, 7) is 0. The van der Waals surface area contributed by atoms with Crippen LogP contribution in [0.4, 0.5) is 0 Å². The lowest BCUT2D eigenvalue weighted by Crippen LogP contribution is -2.19. The first-order chi connectivity index (χ1) is 6.45. The molecule has 3 rings (SSSR count). The smallest absolute Gasteiger partial charge is 0.00518 e. The molecule has 0 bridgehead atoms. The topological polar surface area (TPSA) is 0 Å². The predicted molar refractivity (Wildman–Crippen MR) is 55.3 cm³/mol. The molecular weight excluding hydrogens is 156 g/mol. The fourth-order valence-corrected chi connectivity index (χ4v) is 2.79. The Hall–Kier alpha value is -1.04. The van der Waals surface area contributed by atoms with E-state index in [1.165, 1.54) is 19.3 Å². The van der Waals surface area contributed by atoms with Gasteiger partial charge >= 0.3 is 0 Å². The summed E-state index contributed by atoms with van der Waals surface area (Å²) in [5.74, 6) is 1.52. The fraction of sp³-hybridized carbons (Fsp3) is 0.385. The van der Waals surface area contributed by atoms with Gasteiger partial charge in [-0.15, -0.1) is 0 Å². The van der Waals surface area contributed by atoms with Crippen molar-refractivity contribution in [2.75, 3.05) is 0 Å². The second-order valence-electron chi connectivity index (χ2n) is 4.16. The molecule has 0 aromatic heterocycles. The van der Waals surface area contributed by atoms with E-state index in [1.54, 1.807) is 11.1 Å². The van der Waals surface area contributed by atoms with E-state index in [9.17, 15) is 0 Å². The average Bonchev–Trinajstić information content (AvgIpc) is 2.65. The molecule has 0 heteroatoms. The van der Waals surface area contributed by atoms with Crippen LogP contribution in [0, 0.1) is 11.8 Å². The van der Waals surface area contributed by atoms with Gasteiger partial charge in [0.15, 0.2) is 0 Å². The molecule has 0 saturated heterocycles. The van der Waals surface area contributed by atoms with Crippen molar-refractivity contribution in [1.29, 1.82) is 0 Å². The normalized spacial score (nSPS) is 35.1. The van der Waals surface area contributed by atoms with E-state index in [0.717, 1.165) is 11.8 Å². The Morgan fingerprint density at radius 2 is 2.08 bits per heavy atom. The average molecular weight is 170 g/mol. The molecule has 0 amide bonds. The summed E-state index contributed by atoms with van der Waals surface area (Å²) < 4.78 is 0. The van der Waals surface area contributed by atoms with Gasteiger partial charge in [0.05, 0.1) is 0 Å². The van der Waals surface area contributed by atoms with Crippen LogP contribution in [0.1, 0.15) is 19.3 Å². The van der Waals surface area contributed by atoms with Crippen molar-refractivity contribution < 1.29 is 0 Å². The van der Waals surface area contributed by atoms with Crippen LogP contribution in [0.2, 0.25) is 0 Å². The number of hydrogen-bond donors (Lipinski definition) is 0. The molecule has 0 aromatic carbocycles. The lowest BCUT2D eigenvalue weighted by atomic mass is 9.74. The van der Waals surface area contributed by atoms with Crippen LogP contribution in [0.15, 0.2) is 47.6 Å². The molecule has 0 heterocycles. The summed E-state index contributed by atoms with van der Waals surface area (Å²) in [4.78, 5) is 0. The quantitative estimate of drug-likeness (QED) is 0.522. The minimum atomic E-state index is 0.726. The molecule has 0 radical (unpaired) electrons. The van der Waals surface area contributed by atoms with Crippen LogP contribution in [0.5, 0.6) is 0 Å². The third-order valence-electron chi connectivity index (χ3n) is 3.47. The molecule has 0 spiro atoms. The molecule has 2 atom stereocenters. The van der Waals surface area contributed by atoms with Gasteiger partial charge in [0.25, 0.3) is 0 Å². The molecule has 0 nitrogen and oxygen atoms in total. The first-order valence-electron chi connectivity index (χ1n) is 5.18. The third-order valence-corrected chi connectivity index (χ3v) is 3.47. The van der Waals surface area contributed by atoms with Gasteiger partial charge in [0.2, 0.25) is 0 Å². The standard InChI is InChI=1S/C13H14/c1-2-6-12-10(4-1)8-9-11-5-3-7-13(11)12/h1-6,10,12H,7-9H2. The molecule has 0 aliphatic heterocycles. The zero-order chi connectivity index (χ0) is 8.67. The Kier molecular flexibility index (Phi) is 1.55. The molecule has 3 aliphatic carbocycles. The second-order valence-corrected chi connectivity index (χ2v) is 4.16. The van der Waals surface area contributed by atoms with E-state index in [-0.39, 0.29) is 0 Å². The zero-order valence-corrected chi connectivity index (χ0v) is 7.74. The number of fused-ring (bicyclic) bond motifs is 2. The maximum absolute atomic E-state index is 2.38. The van der Waals surface area contributed by atoms with Crippen molar-refractivity contribution in [1.82, 2.24) is 0 Å². The van der Waals surface area contributed by atoms with E-state index in [0.29, 0.717) is 0 Å². The SMILES string of the molecule is C1=CC2CCC3=C(CC=C3)C2C=C1. The predicted octanol–water partition coefficient (Wildman–Crippen LogP) is 3.40. The Balaban J connectivity index is 2.00. The summed E-state index contributed by atoms with van der Waals surface area (Å²) in [7, 11) is 0. The summed E-state index contributed by atoms with van der Waals surface area (Å²) in [6.07, 6.45) is 17.7. The highest BCUT2D eigenvalue weighted by Crippen LogP contribution is 2.42. The molecular formula is C13H14. The van der Waals surface area contributed by atoms with Gasteiger partial charge in [-0.05, 0) is 30.8 Å². The first-order valence-corrected chi connectivity index (χ1v) is 5.18. The number of hydrogen-bond acceptors (Lipinski definition) is 0. The van der Waals surface area contributed by atoms with E-state index in [1.807, 2.05) is 0 Å². The van der Waals surface area contributed by atoms with Crippen molar-refractivity contribution in [3.63, 3.8) is 0 Å². The Morgan fingerprint density at radius 1 is 1.15 bits per heavy atom. The largest absolute Gasteiger partial charge is 0.0805 e. The van der Waals surface area contributed by atoms with E-state index in [2.05, 4.69) is 36.5 Å². The Morgan fingerprint density at radius 3 is 3.08 bits per heavy atom. The molecule has 2 unspecified atom stereocenters. The van der Waals surface area contributed by atoms with Crippen molar-refractivity contribution in [2.45, 2.75) is 19.3 Å². The van der Waals surface area contributed by atoms with E-state index >= 15 is 0 Å². The molecule has 0 N–H and O–H groups in total. The van der Waals surface area contributed by atoms with Crippen LogP contribution in [-0.2, 0) is 0 Å². The second kappa shape index (κ2) is 2.73. The molecule has 0 saturated carbocycles. The molecule has 3 aliphatic rings. The number of rotatable bonds is 0. The summed E-state index contributed by atoms with van der Waals surface area (Å²) in [5, 5.41) is 0. The van der Waals surface area contributed by atoms with Crippen molar-refractivity contribution in [2.24, 2.45) is 11.8 Å². The van der Waals surface area contributed by atoms with Gasteiger partial charge < -0.3 is 0 Å². The minimum absolute atomic E-state index is 0.726. The van der Waals surface area contributed by atoms with Crippen LogP contribution in [0.25, 0.3) is 0 Å². The highest BCUT2D eigenvalue weighted by molar-refractivity contribution is 5.41. The summed E-state index contributed by atoms with van der Waals surface area (Å²) >= 11 is 0. The van der Waals surface area contributed by atoms with Crippen LogP contribution in [-0.4, -0.2) is 0 Å². The van der Waals surface area contributed by atoms with Crippen molar-refractivity contribution in [3.8, 4) is 0 Å². The van der Waals surface area contributed by atoms with Gasteiger partial charge in [-0.1, -0.05) is 42.0 Å². The zero-order valence-electron chi connectivity index (χ0n) is 7.74. The number of allylic oxidation sites excluding steroid dienone is 8. The highest BCUT2D eigenvalue weighted by atomic mass is 14.3. The van der Waals surface area contributed by atoms with Gasteiger partial charge in [-0.2, -0.15) is 0 Å². The molecule has 13 heavy (non-hydrogen) atoms. The maximum atomic E-state index is 2.38. The van der Waals surface area contributed by atoms with Crippen molar-refractivity contribution >= 4 is 0 Å². The third kappa shape index (κ3) is 1.05. The summed E-state index contributed by atoms with van der Waals surface area (Å²) in [6, 6.07) is 0. The Bertz CT molecular complexity index is 339. The van der Waals surface area contributed by atoms with Crippen LogP contribution >= 0.6 is 0 Å². The van der Waals surface area contributed by atoms with Crippen LogP contribution in [0.3, 0.4) is 0 Å². The minimum Gasteiger partial charge on any atom is -0.0805 e. The van der Waals surface area contributed by atoms with Gasteiger partial charge in [-0.3, -0.25) is 0 Å². The molecule has 0 fully saturated rings. The lowest BCUT2D eigenvalue weighted by molar-refractivity contribution is 0.458. The van der Waals surface area contributed by atoms with Crippen LogP contribution < -0.4 is 0 Å². The monoisotopic (exact) mass is 170 g/mol. The van der Waals surface area contributed by atoms with E-state index in [4.69, 9.17) is 0 Å². The highest BCUT2D eigenvalue weighted by Gasteiger charge is 2.29. The Labute approximate surface area is 79.3 Å². The summed E-state index contributed by atoms with van der Waals surface area (Å²) in [5.41, 5.74) is 3.32. The molecule has 66 valence electrons. The lowest BCUT2D eigenvalue weighted by Gasteiger charge is -2.31. The molecule has 0 aromatic rings.